The predicted molar refractivity (Wildman–Crippen MR) is 222 cm³/mol. The smallest absolute Gasteiger partial charge is 0.329 e. The van der Waals surface area contributed by atoms with Gasteiger partial charge in [-0.15, -0.1) is 0 Å². The highest BCUT2D eigenvalue weighted by Crippen LogP contribution is 2.25. The highest BCUT2D eigenvalue weighted by atomic mass is 16.5. The largest absolute Gasteiger partial charge is 0.508 e. The summed E-state index contributed by atoms with van der Waals surface area (Å²) in [6.45, 7) is 12.3. The van der Waals surface area contributed by atoms with Crippen LogP contribution < -0.4 is 27.0 Å². The molecular weight excluding hydrogens is 775 g/mol. The van der Waals surface area contributed by atoms with E-state index in [0.717, 1.165) is 0 Å². The van der Waals surface area contributed by atoms with Crippen molar-refractivity contribution in [2.24, 2.45) is 23.5 Å². The van der Waals surface area contributed by atoms with Crippen molar-refractivity contribution in [3.05, 3.63) is 54.3 Å². The number of nitrogens with zero attached hydrogens (tertiary/aromatic N) is 2. The number of carbonyl (C=O) groups is 8. The lowest BCUT2D eigenvalue weighted by Crippen LogP contribution is -2.61. The number of nitrogens with two attached hydrogens (primary N) is 1. The summed E-state index contributed by atoms with van der Waals surface area (Å²) in [5.41, 5.74) is 5.77. The Hall–Kier alpha value is -5.74. The average molecular weight is 838 g/mol. The zero-order chi connectivity index (χ0) is 44.8. The standard InChI is InChI=1S/C43H63N7O10/c1-9-25(5)35-43(59)60-27(7)36(47-34(53)16-12-11-15-33(44)52)40(56)46-31(22-24(3)4)38(54)45-30-14-13-21-50(41(30)57)37(26(6)10-2)42(58)49(8)32(39(55)48-35)23-28-17-19-29(51)20-18-28/h11-13,17-21,24-27,30-32,35-37,51H,9-10,14-16,22-23H2,1-8H3,(H2,44,52)(H,45,54)(H,46,56)(H,47,53)(H,48,55). The molecule has 1 fully saturated rings. The van der Waals surface area contributed by atoms with Crippen molar-refractivity contribution in [3.8, 4) is 5.75 Å². The molecule has 330 valence electrons. The van der Waals surface area contributed by atoms with Crippen molar-refractivity contribution in [1.82, 2.24) is 31.1 Å². The van der Waals surface area contributed by atoms with Gasteiger partial charge in [-0.2, -0.15) is 0 Å². The molecule has 0 aromatic heterocycles. The second-order valence-electron chi connectivity index (χ2n) is 16.2. The zero-order valence-corrected chi connectivity index (χ0v) is 35.9. The number of primary amides is 1. The first-order chi connectivity index (χ1) is 28.3. The third-order valence-corrected chi connectivity index (χ3v) is 11.0. The monoisotopic (exact) mass is 837 g/mol. The summed E-state index contributed by atoms with van der Waals surface area (Å²) in [6, 6.07) is -1.37. The first kappa shape index (κ1) is 48.6. The van der Waals surface area contributed by atoms with E-state index in [1.165, 1.54) is 54.3 Å². The SMILES string of the molecule is CCC(C)C1NC(=O)C(Cc2ccc(O)cc2)N(C)C(=O)C(C(C)CC)N2C=CCC(NC(=O)C(CC(C)C)NC(=O)C(NC(=O)CC=CCC(N)=O)C(C)OC1=O)C2=O. The maximum absolute atomic E-state index is 14.7. The van der Waals surface area contributed by atoms with Gasteiger partial charge in [0, 0.05) is 32.5 Å². The number of benzene rings is 1. The van der Waals surface area contributed by atoms with Crippen LogP contribution in [0.1, 0.15) is 92.6 Å². The van der Waals surface area contributed by atoms with Crippen molar-refractivity contribution in [1.29, 1.82) is 0 Å². The number of hydrogen-bond acceptors (Lipinski definition) is 10. The zero-order valence-electron chi connectivity index (χ0n) is 35.9. The van der Waals surface area contributed by atoms with E-state index in [1.54, 1.807) is 39.0 Å². The molecule has 7 amide bonds. The van der Waals surface area contributed by atoms with Gasteiger partial charge in [0.25, 0.3) is 0 Å². The summed E-state index contributed by atoms with van der Waals surface area (Å²) in [5.74, 6) is -6.64. The Kier molecular flexibility index (Phi) is 18.3. The Morgan fingerprint density at radius 3 is 2.13 bits per heavy atom. The molecular formula is C43H63N7O10. The molecule has 2 aliphatic heterocycles. The number of nitrogens with one attached hydrogen (secondary N) is 4. The van der Waals surface area contributed by atoms with Crippen molar-refractivity contribution in [3.63, 3.8) is 0 Å². The van der Waals surface area contributed by atoms with Gasteiger partial charge < -0.3 is 46.6 Å². The van der Waals surface area contributed by atoms with Crippen LogP contribution in [0.5, 0.6) is 5.75 Å². The molecule has 2 aliphatic rings. The predicted octanol–water partition coefficient (Wildman–Crippen LogP) is 1.72. The molecule has 0 radical (unpaired) electrons. The van der Waals surface area contributed by atoms with Crippen molar-refractivity contribution in [2.45, 2.75) is 136 Å². The normalized spacial score (nSPS) is 26.0. The Bertz CT molecular complexity index is 1780. The first-order valence-electron chi connectivity index (χ1n) is 20.7. The lowest BCUT2D eigenvalue weighted by atomic mass is 9.93. The van der Waals surface area contributed by atoms with Gasteiger partial charge in [0.05, 0.1) is 0 Å². The van der Waals surface area contributed by atoms with Crippen LogP contribution in [0.15, 0.2) is 48.7 Å². The van der Waals surface area contributed by atoms with Crippen LogP contribution >= 0.6 is 0 Å². The number of likely N-dealkylation sites (N-methyl/N-ethyl adjacent to an activating group) is 1. The molecule has 1 aromatic carbocycles. The summed E-state index contributed by atoms with van der Waals surface area (Å²) in [4.78, 5) is 113. The molecule has 2 heterocycles. The molecule has 17 heteroatoms. The van der Waals surface area contributed by atoms with Crippen molar-refractivity contribution >= 4 is 47.3 Å². The van der Waals surface area contributed by atoms with E-state index in [9.17, 15) is 43.5 Å². The van der Waals surface area contributed by atoms with E-state index in [4.69, 9.17) is 10.5 Å². The Morgan fingerprint density at radius 1 is 0.900 bits per heavy atom. The molecule has 1 aromatic rings. The number of fused-ring (bicyclic) bond motifs is 2. The quantitative estimate of drug-likeness (QED) is 0.124. The van der Waals surface area contributed by atoms with E-state index in [1.807, 2.05) is 20.8 Å². The molecule has 9 unspecified atom stereocenters. The number of aromatic hydroxyl groups is 1. The van der Waals surface area contributed by atoms with Gasteiger partial charge in [0.2, 0.25) is 41.4 Å². The topological polar surface area (TPSA) is 247 Å². The van der Waals surface area contributed by atoms with E-state index in [2.05, 4.69) is 21.3 Å². The molecule has 1 saturated heterocycles. The van der Waals surface area contributed by atoms with E-state index < -0.39 is 102 Å². The summed E-state index contributed by atoms with van der Waals surface area (Å²) < 4.78 is 5.86. The number of esters is 1. The van der Waals surface area contributed by atoms with Crippen LogP contribution in [0, 0.1) is 17.8 Å². The van der Waals surface area contributed by atoms with Gasteiger partial charge in [-0.1, -0.05) is 84.7 Å². The number of phenols is 1. The molecule has 9 atom stereocenters. The number of cyclic esters (lactones) is 1. The molecule has 7 N–H and O–H groups in total. The number of hydrogen-bond donors (Lipinski definition) is 6. The van der Waals surface area contributed by atoms with Crippen molar-refractivity contribution in [2.75, 3.05) is 7.05 Å². The van der Waals surface area contributed by atoms with Gasteiger partial charge >= 0.3 is 5.97 Å². The number of carbonyl (C=O) groups excluding carboxylic acids is 8. The molecule has 17 nitrogen and oxygen atoms in total. The summed E-state index contributed by atoms with van der Waals surface area (Å²) in [6.07, 6.45) is 5.28. The number of amides is 7. The van der Waals surface area contributed by atoms with Crippen LogP contribution in [-0.4, -0.2) is 112 Å². The fraction of sp³-hybridized carbons (Fsp3) is 0.581. The van der Waals surface area contributed by atoms with Crippen LogP contribution in [0.25, 0.3) is 0 Å². The van der Waals surface area contributed by atoms with Gasteiger partial charge in [-0.05, 0) is 55.2 Å². The van der Waals surface area contributed by atoms with Crippen molar-refractivity contribution < 1.29 is 48.2 Å². The Labute approximate surface area is 352 Å². The Balaban J connectivity index is 2.20. The van der Waals surface area contributed by atoms with E-state index in [0.29, 0.717) is 18.4 Å². The van der Waals surface area contributed by atoms with Gasteiger partial charge in [0.1, 0.15) is 48.1 Å². The third kappa shape index (κ3) is 13.4. The van der Waals surface area contributed by atoms with E-state index >= 15 is 0 Å². The lowest BCUT2D eigenvalue weighted by molar-refractivity contribution is -0.158. The number of phenolic OH excluding ortho intramolecular Hbond substituents is 1. The fourth-order valence-electron chi connectivity index (χ4n) is 7.00. The van der Waals surface area contributed by atoms with Crippen LogP contribution in [0.2, 0.25) is 0 Å². The van der Waals surface area contributed by atoms with Crippen LogP contribution in [0.3, 0.4) is 0 Å². The molecule has 3 rings (SSSR count). The van der Waals surface area contributed by atoms with Gasteiger partial charge in [0.15, 0.2) is 0 Å². The molecule has 2 bridgehead atoms. The summed E-state index contributed by atoms with van der Waals surface area (Å²) >= 11 is 0. The fourth-order valence-corrected chi connectivity index (χ4v) is 7.00. The highest BCUT2D eigenvalue weighted by molar-refractivity contribution is 5.98. The lowest BCUT2D eigenvalue weighted by Gasteiger charge is -2.40. The molecule has 0 saturated carbocycles. The maximum atomic E-state index is 14.7. The first-order valence-corrected chi connectivity index (χ1v) is 20.7. The maximum Gasteiger partial charge on any atom is 0.329 e. The minimum atomic E-state index is -1.54. The molecule has 0 aliphatic carbocycles. The summed E-state index contributed by atoms with van der Waals surface area (Å²) in [7, 11) is 1.45. The number of rotatable bonds is 13. The molecule has 0 spiro atoms. The molecule has 60 heavy (non-hydrogen) atoms. The third-order valence-electron chi connectivity index (χ3n) is 11.0. The highest BCUT2D eigenvalue weighted by Gasteiger charge is 2.43. The number of ether oxygens (including phenoxy) is 1. The second kappa shape index (κ2) is 22.6. The summed E-state index contributed by atoms with van der Waals surface area (Å²) in [5, 5.41) is 20.8. The second-order valence-corrected chi connectivity index (χ2v) is 16.2. The van der Waals surface area contributed by atoms with Crippen LogP contribution in [0.4, 0.5) is 0 Å². The Morgan fingerprint density at radius 2 is 1.53 bits per heavy atom. The van der Waals surface area contributed by atoms with E-state index in [-0.39, 0.29) is 43.8 Å². The minimum absolute atomic E-state index is 0.00558. The average Bonchev–Trinajstić information content (AvgIpc) is 3.19. The van der Waals surface area contributed by atoms with Crippen LogP contribution in [-0.2, 0) is 49.5 Å². The van der Waals surface area contributed by atoms with Gasteiger partial charge in [-0.3, -0.25) is 33.6 Å². The van der Waals surface area contributed by atoms with Gasteiger partial charge in [-0.25, -0.2) is 4.79 Å². The minimum Gasteiger partial charge on any atom is -0.508 e.